The largest absolute Gasteiger partial charge is 0.464 e. The van der Waals surface area contributed by atoms with Gasteiger partial charge in [0.05, 0.1) is 12.5 Å². The maximum atomic E-state index is 11.9. The van der Waals surface area contributed by atoms with E-state index < -0.39 is 30.1 Å². The molecule has 0 radical (unpaired) electrons. The third kappa shape index (κ3) is 6.23. The van der Waals surface area contributed by atoms with Crippen LogP contribution in [0.1, 0.15) is 42.8 Å². The number of cyclic esters (lactones) is 1. The molecule has 2 N–H and O–H groups in total. The highest BCUT2D eigenvalue weighted by molar-refractivity contribution is 6.00. The van der Waals surface area contributed by atoms with Gasteiger partial charge in [0.25, 0.3) is 0 Å². The number of aliphatic hydroxyl groups excluding tert-OH is 2. The number of carbonyl (C=O) groups is 3. The van der Waals surface area contributed by atoms with Crippen LogP contribution in [-0.4, -0.2) is 46.7 Å². The van der Waals surface area contributed by atoms with Gasteiger partial charge in [0.2, 0.25) is 0 Å². The minimum absolute atomic E-state index is 0.176. The molecule has 5 atom stereocenters. The fourth-order valence-electron chi connectivity index (χ4n) is 3.14. The van der Waals surface area contributed by atoms with Crippen LogP contribution in [0.3, 0.4) is 0 Å². The smallest absolute Gasteiger partial charge is 0.336 e. The zero-order valence-electron chi connectivity index (χ0n) is 17.8. The summed E-state index contributed by atoms with van der Waals surface area (Å²) >= 11 is 0. The summed E-state index contributed by atoms with van der Waals surface area (Å²) in [6.07, 6.45) is -2.71. The molecule has 7 nitrogen and oxygen atoms in total. The molecule has 2 aromatic carbocycles. The number of aliphatic hydroxyl groups is 2. The first-order valence-corrected chi connectivity index (χ1v) is 10.1. The Labute approximate surface area is 181 Å². The van der Waals surface area contributed by atoms with E-state index in [0.29, 0.717) is 5.56 Å². The van der Waals surface area contributed by atoms with Crippen molar-refractivity contribution < 1.29 is 34.1 Å². The number of ketones is 1. The third-order valence-electron chi connectivity index (χ3n) is 5.06. The van der Waals surface area contributed by atoms with Gasteiger partial charge in [0.15, 0.2) is 18.0 Å². The van der Waals surface area contributed by atoms with Gasteiger partial charge in [-0.3, -0.25) is 4.79 Å². The molecule has 1 aliphatic rings. The number of hydrogen-bond acceptors (Lipinski definition) is 7. The van der Waals surface area contributed by atoms with Crippen molar-refractivity contribution in [3.8, 4) is 0 Å². The normalized spacial score (nSPS) is 21.8. The lowest BCUT2D eigenvalue weighted by Crippen LogP contribution is -2.34. The molecule has 1 saturated heterocycles. The Morgan fingerprint density at radius 3 is 2.10 bits per heavy atom. The summed E-state index contributed by atoms with van der Waals surface area (Å²) in [4.78, 5) is 34.3. The van der Waals surface area contributed by atoms with Crippen LogP contribution in [-0.2, 0) is 19.1 Å². The van der Waals surface area contributed by atoms with E-state index in [0.717, 1.165) is 5.56 Å². The molecule has 31 heavy (non-hydrogen) atoms. The number of ether oxygens (including phenoxy) is 2. The van der Waals surface area contributed by atoms with Gasteiger partial charge < -0.3 is 19.7 Å². The van der Waals surface area contributed by atoms with E-state index in [1.54, 1.807) is 37.3 Å². The molecule has 0 spiro atoms. The average Bonchev–Trinajstić information content (AvgIpc) is 3.06. The summed E-state index contributed by atoms with van der Waals surface area (Å²) in [5.74, 6) is -2.54. The summed E-state index contributed by atoms with van der Waals surface area (Å²) in [6, 6.07) is 18.0. The van der Waals surface area contributed by atoms with Gasteiger partial charge in [-0.05, 0) is 12.5 Å². The van der Waals surface area contributed by atoms with E-state index >= 15 is 0 Å². The molecule has 0 bridgehead atoms. The molecular weight excluding hydrogens is 400 g/mol. The molecule has 0 aliphatic carbocycles. The molecule has 3 rings (SSSR count). The lowest BCUT2D eigenvalue weighted by atomic mass is 9.94. The van der Waals surface area contributed by atoms with Gasteiger partial charge in [-0.15, -0.1) is 0 Å². The Balaban J connectivity index is 0.000000224. The molecule has 1 aliphatic heterocycles. The molecule has 1 fully saturated rings. The lowest BCUT2D eigenvalue weighted by molar-refractivity contribution is -0.154. The first-order valence-electron chi connectivity index (χ1n) is 10.1. The first-order chi connectivity index (χ1) is 14.8. The topological polar surface area (TPSA) is 110 Å². The number of benzene rings is 2. The maximum Gasteiger partial charge on any atom is 0.336 e. The fraction of sp³-hybridized carbons (Fsp3) is 0.375. The highest BCUT2D eigenvalue weighted by Gasteiger charge is 2.41. The van der Waals surface area contributed by atoms with Crippen molar-refractivity contribution in [2.24, 2.45) is 11.8 Å². The maximum absolute atomic E-state index is 11.9. The zero-order chi connectivity index (χ0) is 23.0. The van der Waals surface area contributed by atoms with Crippen LogP contribution in [0.15, 0.2) is 60.7 Å². The van der Waals surface area contributed by atoms with Crippen molar-refractivity contribution in [1.82, 2.24) is 0 Å². The van der Waals surface area contributed by atoms with Crippen molar-refractivity contribution in [3.63, 3.8) is 0 Å². The molecular formula is C24H28O7. The van der Waals surface area contributed by atoms with Crippen molar-refractivity contribution in [3.05, 3.63) is 71.8 Å². The van der Waals surface area contributed by atoms with Gasteiger partial charge >= 0.3 is 11.9 Å². The first kappa shape index (κ1) is 24.2. The Kier molecular flexibility index (Phi) is 8.90. The summed E-state index contributed by atoms with van der Waals surface area (Å²) in [5.41, 5.74) is 1.41. The van der Waals surface area contributed by atoms with E-state index in [2.05, 4.69) is 4.74 Å². The van der Waals surface area contributed by atoms with Crippen LogP contribution in [0, 0.1) is 11.8 Å². The lowest BCUT2D eigenvalue weighted by Gasteiger charge is -2.16. The summed E-state index contributed by atoms with van der Waals surface area (Å²) in [7, 11) is 0. The Morgan fingerprint density at radius 1 is 1.06 bits per heavy atom. The van der Waals surface area contributed by atoms with Gasteiger partial charge in [0, 0.05) is 11.5 Å². The summed E-state index contributed by atoms with van der Waals surface area (Å²) in [6.45, 7) is 5.15. The molecule has 0 amide bonds. The number of Topliss-reactive ketones (excluding diaryl/α,β-unsaturated/α-hetero) is 1. The van der Waals surface area contributed by atoms with Crippen LogP contribution in [0.5, 0.6) is 0 Å². The second-order valence-corrected chi connectivity index (χ2v) is 7.29. The van der Waals surface area contributed by atoms with Crippen LogP contribution in [0.2, 0.25) is 0 Å². The zero-order valence-corrected chi connectivity index (χ0v) is 17.8. The van der Waals surface area contributed by atoms with E-state index in [-0.39, 0.29) is 24.4 Å². The predicted molar refractivity (Wildman–Crippen MR) is 113 cm³/mol. The minimum atomic E-state index is -1.41. The van der Waals surface area contributed by atoms with Gasteiger partial charge in [0.1, 0.15) is 6.10 Å². The summed E-state index contributed by atoms with van der Waals surface area (Å²) < 4.78 is 9.75. The quantitative estimate of drug-likeness (QED) is 0.538. The standard InChI is InChI=1S/C13H16O4.C11H12O3/c1-3-17-13(16)12(15)9(2)11(14)10-7-5-4-6-8-10;1-7-9(12)11(13)14-10(7)8-5-3-2-4-6-8/h4-9,12,15H,3H2,1-2H3;2-7,9-10,12H,1H3/t9?,12-;7-,9+,10+/m01/s1. The molecule has 1 unspecified atom stereocenters. The molecule has 1 heterocycles. The van der Waals surface area contributed by atoms with Crippen molar-refractivity contribution in [1.29, 1.82) is 0 Å². The van der Waals surface area contributed by atoms with E-state index in [1.165, 1.54) is 6.92 Å². The summed E-state index contributed by atoms with van der Waals surface area (Å²) in [5, 5.41) is 19.1. The van der Waals surface area contributed by atoms with Gasteiger partial charge in [-0.25, -0.2) is 9.59 Å². The number of rotatable bonds is 6. The molecule has 2 aromatic rings. The third-order valence-corrected chi connectivity index (χ3v) is 5.06. The Bertz CT molecular complexity index is 866. The van der Waals surface area contributed by atoms with Crippen LogP contribution in [0.25, 0.3) is 0 Å². The SMILES string of the molecule is CCOC(=O)[C@@H](O)C(C)C(=O)c1ccccc1.C[C@@H]1[C@H](O)C(=O)O[C@@H]1c1ccccc1. The highest BCUT2D eigenvalue weighted by atomic mass is 16.6. The fourth-order valence-corrected chi connectivity index (χ4v) is 3.14. The van der Waals surface area contributed by atoms with Crippen molar-refractivity contribution >= 4 is 17.7 Å². The minimum Gasteiger partial charge on any atom is -0.464 e. The van der Waals surface area contributed by atoms with Crippen molar-refractivity contribution in [2.75, 3.05) is 6.61 Å². The molecule has 0 aromatic heterocycles. The Hall–Kier alpha value is -3.03. The van der Waals surface area contributed by atoms with E-state index in [1.807, 2.05) is 37.3 Å². The van der Waals surface area contributed by atoms with Gasteiger partial charge in [-0.2, -0.15) is 0 Å². The van der Waals surface area contributed by atoms with E-state index in [9.17, 15) is 24.6 Å². The highest BCUT2D eigenvalue weighted by Crippen LogP contribution is 2.34. The average molecular weight is 428 g/mol. The number of esters is 2. The van der Waals surface area contributed by atoms with E-state index in [4.69, 9.17) is 4.74 Å². The molecule has 7 heteroatoms. The van der Waals surface area contributed by atoms with Crippen molar-refractivity contribution in [2.45, 2.75) is 39.1 Å². The predicted octanol–water partition coefficient (Wildman–Crippen LogP) is 2.71. The van der Waals surface area contributed by atoms with Gasteiger partial charge in [-0.1, -0.05) is 74.5 Å². The molecule has 0 saturated carbocycles. The monoisotopic (exact) mass is 428 g/mol. The number of hydrogen-bond donors (Lipinski definition) is 2. The second-order valence-electron chi connectivity index (χ2n) is 7.29. The van der Waals surface area contributed by atoms with Crippen LogP contribution >= 0.6 is 0 Å². The molecule has 166 valence electrons. The number of carbonyl (C=O) groups excluding carboxylic acids is 3. The van der Waals surface area contributed by atoms with Crippen LogP contribution in [0.4, 0.5) is 0 Å². The Morgan fingerprint density at radius 2 is 1.61 bits per heavy atom. The second kappa shape index (κ2) is 11.4. The van der Waals surface area contributed by atoms with Crippen LogP contribution < -0.4 is 0 Å².